The third-order valence-corrected chi connectivity index (χ3v) is 6.24. The average Bonchev–Trinajstić information content (AvgIpc) is 3.55. The molecule has 0 bridgehead atoms. The normalized spacial score (nSPS) is 31.8. The first-order chi connectivity index (χ1) is 13.4. The van der Waals surface area contributed by atoms with E-state index in [0.717, 1.165) is 25.7 Å². The van der Waals surface area contributed by atoms with Gasteiger partial charge < -0.3 is 4.74 Å². The smallest absolute Gasteiger partial charge is 0.411 e. The first-order valence-corrected chi connectivity index (χ1v) is 10.00. The van der Waals surface area contributed by atoms with Gasteiger partial charge in [0.15, 0.2) is 11.9 Å². The van der Waals surface area contributed by atoms with Crippen molar-refractivity contribution in [3.63, 3.8) is 0 Å². The highest BCUT2D eigenvalue weighted by molar-refractivity contribution is 6.01. The molecule has 3 fully saturated rings. The molecule has 0 aliphatic carbocycles. The van der Waals surface area contributed by atoms with Gasteiger partial charge >= 0.3 is 6.09 Å². The fraction of sp³-hybridized carbons (Fsp3) is 0.571. The number of fused-ring (bicyclic) bond motifs is 3. The van der Waals surface area contributed by atoms with Crippen molar-refractivity contribution in [3.05, 3.63) is 35.4 Å². The van der Waals surface area contributed by atoms with Crippen LogP contribution in [0, 0.1) is 5.41 Å². The van der Waals surface area contributed by atoms with Gasteiger partial charge in [0.25, 0.3) is 5.91 Å². The van der Waals surface area contributed by atoms with Gasteiger partial charge in [-0.3, -0.25) is 19.9 Å². The molecule has 28 heavy (non-hydrogen) atoms. The SMILES string of the molecule is CCCCC[C@H]1N(NC(=O)c2ccccc2C=O)[C@]12C1N2C(=O)OCC1(C)C. The van der Waals surface area contributed by atoms with Crippen molar-refractivity contribution in [2.24, 2.45) is 5.41 Å². The van der Waals surface area contributed by atoms with E-state index in [1.54, 1.807) is 29.2 Å². The number of carbonyl (C=O) groups is 3. The van der Waals surface area contributed by atoms with Gasteiger partial charge in [0.1, 0.15) is 6.61 Å². The predicted octanol–water partition coefficient (Wildman–Crippen LogP) is 2.97. The number of aldehydes is 1. The van der Waals surface area contributed by atoms with Crippen LogP contribution in [0.2, 0.25) is 0 Å². The van der Waals surface area contributed by atoms with E-state index < -0.39 is 5.66 Å². The van der Waals surface area contributed by atoms with Gasteiger partial charge in [0, 0.05) is 11.0 Å². The molecule has 1 aromatic carbocycles. The van der Waals surface area contributed by atoms with E-state index in [4.69, 9.17) is 4.74 Å². The van der Waals surface area contributed by atoms with E-state index >= 15 is 0 Å². The summed E-state index contributed by atoms with van der Waals surface area (Å²) in [4.78, 5) is 38.3. The zero-order chi connectivity index (χ0) is 20.1. The first kappa shape index (κ1) is 18.9. The number of rotatable bonds is 7. The Morgan fingerprint density at radius 1 is 1.32 bits per heavy atom. The number of hydrogen-bond donors (Lipinski definition) is 1. The van der Waals surface area contributed by atoms with E-state index in [1.165, 1.54) is 0 Å². The van der Waals surface area contributed by atoms with Crippen LogP contribution in [0.1, 0.15) is 67.2 Å². The number of ether oxygens (including phenoxy) is 1. The van der Waals surface area contributed by atoms with Crippen molar-refractivity contribution < 1.29 is 19.1 Å². The number of nitrogens with one attached hydrogen (secondary N) is 1. The van der Waals surface area contributed by atoms with Gasteiger partial charge in [-0.2, -0.15) is 5.01 Å². The lowest BCUT2D eigenvalue weighted by Gasteiger charge is -2.27. The largest absolute Gasteiger partial charge is 0.449 e. The second kappa shape index (κ2) is 6.58. The molecule has 7 heteroatoms. The first-order valence-electron chi connectivity index (χ1n) is 10.00. The number of cyclic esters (lactones) is 1. The zero-order valence-electron chi connectivity index (χ0n) is 16.6. The highest BCUT2D eigenvalue weighted by atomic mass is 16.6. The van der Waals surface area contributed by atoms with Crippen LogP contribution in [-0.4, -0.2) is 52.5 Å². The van der Waals surface area contributed by atoms with Crippen LogP contribution in [0.3, 0.4) is 0 Å². The van der Waals surface area contributed by atoms with Crippen molar-refractivity contribution in [1.82, 2.24) is 15.3 Å². The fourth-order valence-corrected chi connectivity index (χ4v) is 4.89. The van der Waals surface area contributed by atoms with Gasteiger partial charge in [-0.1, -0.05) is 58.2 Å². The summed E-state index contributed by atoms with van der Waals surface area (Å²) in [6, 6.07) is 6.82. The maximum atomic E-state index is 12.9. The molecule has 3 aliphatic heterocycles. The molecule has 4 rings (SSSR count). The van der Waals surface area contributed by atoms with Crippen molar-refractivity contribution in [1.29, 1.82) is 0 Å². The van der Waals surface area contributed by atoms with Crippen LogP contribution in [0.15, 0.2) is 24.3 Å². The molecule has 2 unspecified atom stereocenters. The van der Waals surface area contributed by atoms with Crippen LogP contribution in [0.25, 0.3) is 0 Å². The number of amides is 2. The van der Waals surface area contributed by atoms with E-state index in [1.807, 2.05) is 5.01 Å². The van der Waals surface area contributed by atoms with E-state index in [9.17, 15) is 14.4 Å². The molecule has 0 aromatic heterocycles. The van der Waals surface area contributed by atoms with Crippen molar-refractivity contribution in [2.75, 3.05) is 6.61 Å². The van der Waals surface area contributed by atoms with E-state index in [0.29, 0.717) is 24.0 Å². The van der Waals surface area contributed by atoms with Gasteiger partial charge in [0.05, 0.1) is 17.6 Å². The summed E-state index contributed by atoms with van der Waals surface area (Å²) < 4.78 is 5.37. The maximum absolute atomic E-state index is 12.9. The third kappa shape index (κ3) is 2.64. The standard InChI is InChI=1S/C21H27N3O4/c1-4-5-6-11-16-21(18-20(2,3)13-28-19(27)23(18)21)24(16)22-17(26)15-10-8-7-9-14(15)12-25/h7-10,12,16,18H,4-6,11,13H2,1-3H3,(H,22,26)/t16-,18?,21+,23?,24?/m1/s1. The molecule has 1 aromatic rings. The van der Waals surface area contributed by atoms with Gasteiger partial charge in [-0.15, -0.1) is 0 Å². The molecule has 1 spiro atoms. The Morgan fingerprint density at radius 3 is 2.75 bits per heavy atom. The Hall–Kier alpha value is -2.41. The molecule has 7 nitrogen and oxygen atoms in total. The van der Waals surface area contributed by atoms with Crippen molar-refractivity contribution in [2.45, 2.75) is 64.2 Å². The summed E-state index contributed by atoms with van der Waals surface area (Å²) in [6.45, 7) is 6.72. The predicted molar refractivity (Wildman–Crippen MR) is 103 cm³/mol. The molecule has 4 atom stereocenters. The van der Waals surface area contributed by atoms with Crippen LogP contribution in [0.5, 0.6) is 0 Å². The Bertz CT molecular complexity index is 824. The molecule has 3 saturated heterocycles. The van der Waals surface area contributed by atoms with Crippen molar-refractivity contribution >= 4 is 18.3 Å². The Balaban J connectivity index is 1.57. The fourth-order valence-electron chi connectivity index (χ4n) is 4.89. The van der Waals surface area contributed by atoms with E-state index in [-0.39, 0.29) is 29.5 Å². The minimum atomic E-state index is -0.489. The Labute approximate surface area is 165 Å². The number of carbonyl (C=O) groups excluding carboxylic acids is 3. The lowest BCUT2D eigenvalue weighted by molar-refractivity contribution is 0.0493. The lowest BCUT2D eigenvalue weighted by atomic mass is 9.86. The maximum Gasteiger partial charge on any atom is 0.411 e. The summed E-state index contributed by atoms with van der Waals surface area (Å²) in [5.74, 6) is -0.323. The monoisotopic (exact) mass is 385 g/mol. The molecule has 150 valence electrons. The van der Waals surface area contributed by atoms with Gasteiger partial charge in [-0.25, -0.2) is 4.79 Å². The second-order valence-electron chi connectivity index (χ2n) is 8.63. The summed E-state index contributed by atoms with van der Waals surface area (Å²) in [5.41, 5.74) is 3.00. The number of nitrogens with zero attached hydrogens (tertiary/aromatic N) is 2. The highest BCUT2D eigenvalue weighted by Gasteiger charge is 2.89. The average molecular weight is 385 g/mol. The highest BCUT2D eigenvalue weighted by Crippen LogP contribution is 2.67. The minimum Gasteiger partial charge on any atom is -0.449 e. The van der Waals surface area contributed by atoms with E-state index in [2.05, 4.69) is 26.2 Å². The number of hydrazine groups is 1. The van der Waals surface area contributed by atoms with Crippen LogP contribution < -0.4 is 5.43 Å². The Kier molecular flexibility index (Phi) is 4.45. The summed E-state index contributed by atoms with van der Waals surface area (Å²) in [5, 5.41) is 1.91. The van der Waals surface area contributed by atoms with Crippen LogP contribution in [0.4, 0.5) is 4.79 Å². The minimum absolute atomic E-state index is 0.0227. The molecular weight excluding hydrogens is 358 g/mol. The lowest BCUT2D eigenvalue weighted by Crippen LogP contribution is -2.37. The second-order valence-corrected chi connectivity index (χ2v) is 8.63. The number of unbranched alkanes of at least 4 members (excludes halogenated alkanes) is 2. The quantitative estimate of drug-likeness (QED) is 0.444. The van der Waals surface area contributed by atoms with Crippen molar-refractivity contribution in [3.8, 4) is 0 Å². The van der Waals surface area contributed by atoms with Crippen LogP contribution in [-0.2, 0) is 4.74 Å². The van der Waals surface area contributed by atoms with Gasteiger partial charge in [0.2, 0.25) is 0 Å². The molecule has 3 heterocycles. The Morgan fingerprint density at radius 2 is 2.07 bits per heavy atom. The molecule has 1 N–H and O–H groups in total. The zero-order valence-corrected chi connectivity index (χ0v) is 16.6. The third-order valence-electron chi connectivity index (χ3n) is 6.24. The number of benzene rings is 1. The molecule has 0 saturated carbocycles. The summed E-state index contributed by atoms with van der Waals surface area (Å²) in [6.07, 6.45) is 4.54. The van der Waals surface area contributed by atoms with Gasteiger partial charge in [-0.05, 0) is 12.5 Å². The summed E-state index contributed by atoms with van der Waals surface area (Å²) >= 11 is 0. The topological polar surface area (TPSA) is 78.5 Å². The number of hydrogen-bond acceptors (Lipinski definition) is 5. The van der Waals surface area contributed by atoms with Crippen LogP contribution >= 0.6 is 0 Å². The molecule has 0 radical (unpaired) electrons. The molecular formula is C21H27N3O4. The molecule has 3 aliphatic rings. The summed E-state index contributed by atoms with van der Waals surface area (Å²) in [7, 11) is 0. The molecule has 2 amide bonds.